The van der Waals surface area contributed by atoms with E-state index in [0.29, 0.717) is 23.7 Å². The second-order valence-electron chi connectivity index (χ2n) is 5.07. The van der Waals surface area contributed by atoms with Crippen LogP contribution >= 0.6 is 0 Å². The zero-order chi connectivity index (χ0) is 17.9. The summed E-state index contributed by atoms with van der Waals surface area (Å²) in [6.45, 7) is 1.95. The number of hydrogen-bond donors (Lipinski definition) is 1. The van der Waals surface area contributed by atoms with Crippen molar-refractivity contribution in [3.63, 3.8) is 0 Å². The summed E-state index contributed by atoms with van der Waals surface area (Å²) < 4.78 is 20.7. The number of benzene rings is 1. The van der Waals surface area contributed by atoms with Crippen LogP contribution in [-0.4, -0.2) is 39.8 Å². The Kier molecular flexibility index (Phi) is 8.46. The molecule has 1 aromatic rings. The van der Waals surface area contributed by atoms with Gasteiger partial charge in [0.15, 0.2) is 18.1 Å². The molecule has 7 nitrogen and oxygen atoms in total. The Hall–Kier alpha value is -2.44. The van der Waals surface area contributed by atoms with Crippen LogP contribution in [0.3, 0.4) is 0 Å². The fraction of sp³-hybridized carbons (Fsp3) is 0.529. The Morgan fingerprint density at radius 1 is 1.04 bits per heavy atom. The van der Waals surface area contributed by atoms with E-state index in [-0.39, 0.29) is 25.0 Å². The molecule has 0 spiro atoms. The highest BCUT2D eigenvalue weighted by Crippen LogP contribution is 2.38. The number of hydrogen-bond acceptors (Lipinski definition) is 6. The minimum atomic E-state index is -0.367. The van der Waals surface area contributed by atoms with E-state index in [4.69, 9.17) is 18.9 Å². The normalized spacial score (nSPS) is 10.0. The molecule has 0 aliphatic rings. The zero-order valence-corrected chi connectivity index (χ0v) is 14.6. The molecule has 0 aromatic heterocycles. The first-order chi connectivity index (χ1) is 11.5. The lowest BCUT2D eigenvalue weighted by atomic mass is 10.1. The third kappa shape index (κ3) is 5.98. The summed E-state index contributed by atoms with van der Waals surface area (Å²) >= 11 is 0. The predicted molar refractivity (Wildman–Crippen MR) is 88.4 cm³/mol. The highest BCUT2D eigenvalue weighted by atomic mass is 16.5. The quantitative estimate of drug-likeness (QED) is 0.657. The number of carbonyl (C=O) groups excluding carboxylic acids is 2. The van der Waals surface area contributed by atoms with Gasteiger partial charge in [-0.15, -0.1) is 0 Å². The van der Waals surface area contributed by atoms with Crippen LogP contribution in [0.25, 0.3) is 0 Å². The first-order valence-electron chi connectivity index (χ1n) is 7.76. The van der Waals surface area contributed by atoms with Crippen LogP contribution in [0.4, 0.5) is 0 Å². The molecule has 0 unspecified atom stereocenters. The Bertz CT molecular complexity index is 533. The lowest BCUT2D eigenvalue weighted by Gasteiger charge is -2.14. The molecule has 0 aliphatic carbocycles. The summed E-state index contributed by atoms with van der Waals surface area (Å²) in [7, 11) is 4.57. The molecule has 0 saturated carbocycles. The first kappa shape index (κ1) is 19.6. The van der Waals surface area contributed by atoms with E-state index in [1.165, 1.54) is 21.3 Å². The topological polar surface area (TPSA) is 83.1 Å². The van der Waals surface area contributed by atoms with Gasteiger partial charge in [-0.05, 0) is 24.1 Å². The van der Waals surface area contributed by atoms with Crippen molar-refractivity contribution in [1.82, 2.24) is 5.32 Å². The molecular weight excluding hydrogens is 314 g/mol. The van der Waals surface area contributed by atoms with Crippen molar-refractivity contribution in [3.8, 4) is 17.2 Å². The fourth-order valence-corrected chi connectivity index (χ4v) is 2.03. The molecule has 0 bridgehead atoms. The van der Waals surface area contributed by atoms with Crippen LogP contribution in [0.2, 0.25) is 0 Å². The summed E-state index contributed by atoms with van der Waals surface area (Å²) in [5.74, 6) is 0.771. The molecule has 0 atom stereocenters. The summed E-state index contributed by atoms with van der Waals surface area (Å²) in [5, 5.41) is 2.68. The molecule has 24 heavy (non-hydrogen) atoms. The maximum absolute atomic E-state index is 11.8. The minimum absolute atomic E-state index is 0.252. The number of unbranched alkanes of at least 4 members (excludes halogenated alkanes) is 1. The van der Waals surface area contributed by atoms with Crippen LogP contribution in [0.15, 0.2) is 12.1 Å². The van der Waals surface area contributed by atoms with Gasteiger partial charge in [-0.1, -0.05) is 13.3 Å². The number of rotatable bonds is 10. The largest absolute Gasteiger partial charge is 0.493 e. The van der Waals surface area contributed by atoms with Crippen molar-refractivity contribution in [2.24, 2.45) is 0 Å². The standard InChI is InChI=1S/C17H25NO6/c1-5-6-7-16(20)24-11-15(19)18-10-12-8-13(21-2)17(23-4)14(9-12)22-3/h8-9H,5-7,10-11H2,1-4H3,(H,18,19). The molecule has 1 rings (SSSR count). The van der Waals surface area contributed by atoms with Gasteiger partial charge in [-0.25, -0.2) is 0 Å². The summed E-state index contributed by atoms with van der Waals surface area (Å²) in [5.41, 5.74) is 0.773. The van der Waals surface area contributed by atoms with E-state index in [1.54, 1.807) is 12.1 Å². The van der Waals surface area contributed by atoms with E-state index < -0.39 is 0 Å². The maximum Gasteiger partial charge on any atom is 0.306 e. The van der Waals surface area contributed by atoms with E-state index in [9.17, 15) is 9.59 Å². The average Bonchev–Trinajstić information content (AvgIpc) is 2.61. The molecule has 7 heteroatoms. The molecular formula is C17H25NO6. The highest BCUT2D eigenvalue weighted by molar-refractivity contribution is 5.80. The molecule has 134 valence electrons. The summed E-state index contributed by atoms with van der Waals surface area (Å²) in [6.07, 6.45) is 1.99. The van der Waals surface area contributed by atoms with E-state index >= 15 is 0 Å². The lowest BCUT2D eigenvalue weighted by Crippen LogP contribution is -2.28. The van der Waals surface area contributed by atoms with Crippen molar-refractivity contribution in [3.05, 3.63) is 17.7 Å². The van der Waals surface area contributed by atoms with Crippen LogP contribution in [-0.2, 0) is 20.9 Å². The average molecular weight is 339 g/mol. The fourth-order valence-electron chi connectivity index (χ4n) is 2.03. The Morgan fingerprint density at radius 3 is 2.17 bits per heavy atom. The van der Waals surface area contributed by atoms with E-state index in [0.717, 1.165) is 18.4 Å². The number of nitrogens with one attached hydrogen (secondary N) is 1. The van der Waals surface area contributed by atoms with Crippen LogP contribution in [0.1, 0.15) is 31.7 Å². The molecule has 0 radical (unpaired) electrons. The molecule has 1 amide bonds. The number of carbonyl (C=O) groups is 2. The minimum Gasteiger partial charge on any atom is -0.493 e. The number of amides is 1. The first-order valence-corrected chi connectivity index (χ1v) is 7.76. The highest BCUT2D eigenvalue weighted by Gasteiger charge is 2.14. The zero-order valence-electron chi connectivity index (χ0n) is 14.6. The summed E-state index contributed by atoms with van der Waals surface area (Å²) in [6, 6.07) is 3.49. The van der Waals surface area contributed by atoms with Gasteiger partial charge in [0.2, 0.25) is 5.75 Å². The smallest absolute Gasteiger partial charge is 0.306 e. The van der Waals surface area contributed by atoms with E-state index in [1.807, 2.05) is 6.92 Å². The van der Waals surface area contributed by atoms with E-state index in [2.05, 4.69) is 5.32 Å². The monoisotopic (exact) mass is 339 g/mol. The van der Waals surface area contributed by atoms with Gasteiger partial charge < -0.3 is 24.3 Å². The van der Waals surface area contributed by atoms with Crippen molar-refractivity contribution >= 4 is 11.9 Å². The Labute approximate surface area is 142 Å². The molecule has 0 fully saturated rings. The van der Waals surface area contributed by atoms with Gasteiger partial charge in [0, 0.05) is 13.0 Å². The van der Waals surface area contributed by atoms with Gasteiger partial charge in [0.25, 0.3) is 5.91 Å². The van der Waals surface area contributed by atoms with Crippen molar-refractivity contribution in [1.29, 1.82) is 0 Å². The number of esters is 1. The molecule has 0 aliphatic heterocycles. The van der Waals surface area contributed by atoms with Crippen molar-refractivity contribution in [2.45, 2.75) is 32.7 Å². The van der Waals surface area contributed by atoms with Gasteiger partial charge in [-0.2, -0.15) is 0 Å². The third-order valence-electron chi connectivity index (χ3n) is 3.31. The van der Waals surface area contributed by atoms with Gasteiger partial charge in [-0.3, -0.25) is 9.59 Å². The summed E-state index contributed by atoms with van der Waals surface area (Å²) in [4.78, 5) is 23.1. The third-order valence-corrected chi connectivity index (χ3v) is 3.31. The second-order valence-corrected chi connectivity index (χ2v) is 5.07. The van der Waals surface area contributed by atoms with Crippen LogP contribution < -0.4 is 19.5 Å². The van der Waals surface area contributed by atoms with Gasteiger partial charge >= 0.3 is 5.97 Å². The number of methoxy groups -OCH3 is 3. The molecule has 1 N–H and O–H groups in total. The van der Waals surface area contributed by atoms with Crippen molar-refractivity contribution in [2.75, 3.05) is 27.9 Å². The SMILES string of the molecule is CCCCC(=O)OCC(=O)NCc1cc(OC)c(OC)c(OC)c1. The van der Waals surface area contributed by atoms with Gasteiger partial charge in [0.1, 0.15) is 0 Å². The van der Waals surface area contributed by atoms with Crippen molar-refractivity contribution < 1.29 is 28.5 Å². The second kappa shape index (κ2) is 10.4. The van der Waals surface area contributed by atoms with Crippen LogP contribution in [0, 0.1) is 0 Å². The molecule has 0 heterocycles. The van der Waals surface area contributed by atoms with Gasteiger partial charge in [0.05, 0.1) is 21.3 Å². The predicted octanol–water partition coefficient (Wildman–Crippen LogP) is 2.06. The lowest BCUT2D eigenvalue weighted by molar-refractivity contribution is -0.148. The maximum atomic E-state index is 11.8. The number of ether oxygens (including phenoxy) is 4. The Balaban J connectivity index is 2.57. The van der Waals surface area contributed by atoms with Crippen LogP contribution in [0.5, 0.6) is 17.2 Å². The molecule has 0 saturated heterocycles. The molecule has 1 aromatic carbocycles. The Morgan fingerprint density at radius 2 is 1.67 bits per heavy atom.